The number of benzene rings is 1. The van der Waals surface area contributed by atoms with E-state index in [2.05, 4.69) is 15.4 Å². The lowest BCUT2D eigenvalue weighted by Gasteiger charge is -2.41. The highest BCUT2D eigenvalue weighted by atomic mass is 16.6. The van der Waals surface area contributed by atoms with Crippen LogP contribution in [0.4, 0.5) is 0 Å². The molecule has 2 amide bonds. The van der Waals surface area contributed by atoms with Crippen molar-refractivity contribution in [3.05, 3.63) is 35.4 Å². The predicted octanol–water partition coefficient (Wildman–Crippen LogP) is 0.577. The zero-order valence-electron chi connectivity index (χ0n) is 20.6. The van der Waals surface area contributed by atoms with Gasteiger partial charge in [0.15, 0.2) is 11.9 Å². The molecule has 2 fully saturated rings. The van der Waals surface area contributed by atoms with Gasteiger partial charge in [0.25, 0.3) is 5.91 Å². The Morgan fingerprint density at radius 2 is 1.78 bits per heavy atom. The summed E-state index contributed by atoms with van der Waals surface area (Å²) in [4.78, 5) is 49.2. The van der Waals surface area contributed by atoms with Gasteiger partial charge in [0, 0.05) is 18.9 Å². The monoisotopic (exact) mass is 505 g/mol. The number of rotatable bonds is 9. The Labute approximate surface area is 209 Å². The van der Waals surface area contributed by atoms with Crippen LogP contribution in [0.25, 0.3) is 0 Å². The molecule has 11 heteroatoms. The van der Waals surface area contributed by atoms with E-state index in [4.69, 9.17) is 4.74 Å². The standard InChI is InChI=1S/C25H35N3O8/c1-14(29)27-21-18(30)12-20(25(33)35-2)36-23(21)22(28-34)19(31)13-26-24(32)17-10-8-16(9-11-17)15-6-4-3-5-7-15/h8-11,15,18,20-23,28,30,34H,3-7,12-13H2,1-2H3,(H,26,32)(H,27,29). The fourth-order valence-electron chi connectivity index (χ4n) is 4.95. The minimum atomic E-state index is -1.46. The number of Topliss-reactive ketones (excluding diaryl/α,β-unsaturated/α-hetero) is 1. The van der Waals surface area contributed by atoms with E-state index in [-0.39, 0.29) is 6.42 Å². The van der Waals surface area contributed by atoms with Crippen molar-refractivity contribution in [3.63, 3.8) is 0 Å². The summed E-state index contributed by atoms with van der Waals surface area (Å²) in [6.45, 7) is 0.756. The van der Waals surface area contributed by atoms with Crippen molar-refractivity contribution in [3.8, 4) is 0 Å². The third kappa shape index (κ3) is 6.88. The molecular weight excluding hydrogens is 470 g/mol. The highest BCUT2D eigenvalue weighted by Gasteiger charge is 2.47. The van der Waals surface area contributed by atoms with E-state index in [9.17, 15) is 29.5 Å². The number of hydrogen-bond acceptors (Lipinski definition) is 9. The van der Waals surface area contributed by atoms with Crippen molar-refractivity contribution in [2.24, 2.45) is 0 Å². The number of nitrogens with one attached hydrogen (secondary N) is 3. The summed E-state index contributed by atoms with van der Waals surface area (Å²) in [6.07, 6.45) is 2.01. The van der Waals surface area contributed by atoms with Gasteiger partial charge in [0.1, 0.15) is 12.1 Å². The number of amides is 2. The maximum absolute atomic E-state index is 12.9. The number of ether oxygens (including phenoxy) is 2. The smallest absolute Gasteiger partial charge is 0.335 e. The van der Waals surface area contributed by atoms with Crippen LogP contribution < -0.4 is 16.1 Å². The Morgan fingerprint density at radius 1 is 1.11 bits per heavy atom. The van der Waals surface area contributed by atoms with Crippen LogP contribution in [0.3, 0.4) is 0 Å². The minimum absolute atomic E-state index is 0.173. The van der Waals surface area contributed by atoms with E-state index in [1.165, 1.54) is 31.7 Å². The number of methoxy groups -OCH3 is 1. The van der Waals surface area contributed by atoms with Crippen molar-refractivity contribution in [2.45, 2.75) is 81.8 Å². The first-order valence-electron chi connectivity index (χ1n) is 12.2. The first-order chi connectivity index (χ1) is 17.2. The van der Waals surface area contributed by atoms with Crippen LogP contribution in [-0.2, 0) is 23.9 Å². The number of ketones is 1. The van der Waals surface area contributed by atoms with E-state index < -0.39 is 60.5 Å². The summed E-state index contributed by atoms with van der Waals surface area (Å²) in [5, 5.41) is 25.3. The Hall–Kier alpha value is -2.86. The summed E-state index contributed by atoms with van der Waals surface area (Å²) >= 11 is 0. The summed E-state index contributed by atoms with van der Waals surface area (Å²) in [7, 11) is 1.15. The lowest BCUT2D eigenvalue weighted by Crippen LogP contribution is -2.65. The molecule has 1 aliphatic heterocycles. The molecule has 36 heavy (non-hydrogen) atoms. The number of carbonyl (C=O) groups is 4. The van der Waals surface area contributed by atoms with Crippen LogP contribution >= 0.6 is 0 Å². The third-order valence-electron chi connectivity index (χ3n) is 6.87. The SMILES string of the molecule is COC(=O)C1CC(O)C(NC(C)=O)C(C(NO)C(=O)CNC(=O)c2ccc(C3CCCCC3)cc2)O1. The number of hydrogen-bond donors (Lipinski definition) is 5. The lowest BCUT2D eigenvalue weighted by molar-refractivity contribution is -0.182. The van der Waals surface area contributed by atoms with Crippen molar-refractivity contribution < 1.29 is 39.0 Å². The van der Waals surface area contributed by atoms with Crippen molar-refractivity contribution in [2.75, 3.05) is 13.7 Å². The molecule has 1 aromatic carbocycles. The van der Waals surface area contributed by atoms with Gasteiger partial charge in [-0.05, 0) is 36.5 Å². The molecule has 1 saturated carbocycles. The summed E-state index contributed by atoms with van der Waals surface area (Å²) < 4.78 is 10.3. The molecule has 5 atom stereocenters. The molecular formula is C25H35N3O8. The molecule has 198 valence electrons. The van der Waals surface area contributed by atoms with Gasteiger partial charge >= 0.3 is 5.97 Å². The Balaban J connectivity index is 1.65. The van der Waals surface area contributed by atoms with Gasteiger partial charge < -0.3 is 30.4 Å². The highest BCUT2D eigenvalue weighted by molar-refractivity contribution is 5.97. The molecule has 1 aromatic rings. The largest absolute Gasteiger partial charge is 0.467 e. The average molecular weight is 506 g/mol. The fraction of sp³-hybridized carbons (Fsp3) is 0.600. The predicted molar refractivity (Wildman–Crippen MR) is 127 cm³/mol. The molecule has 0 spiro atoms. The van der Waals surface area contributed by atoms with Crippen molar-refractivity contribution in [1.82, 2.24) is 16.1 Å². The van der Waals surface area contributed by atoms with E-state index in [1.807, 2.05) is 17.6 Å². The fourth-order valence-corrected chi connectivity index (χ4v) is 4.95. The van der Waals surface area contributed by atoms with Gasteiger partial charge in [-0.2, -0.15) is 5.48 Å². The van der Waals surface area contributed by atoms with E-state index in [0.717, 1.165) is 20.0 Å². The first-order valence-corrected chi connectivity index (χ1v) is 12.2. The summed E-state index contributed by atoms with van der Waals surface area (Å²) in [5.41, 5.74) is 3.43. The number of carbonyl (C=O) groups excluding carboxylic acids is 4. The summed E-state index contributed by atoms with van der Waals surface area (Å²) in [5.74, 6) is -1.91. The Bertz CT molecular complexity index is 932. The molecule has 1 heterocycles. The van der Waals surface area contributed by atoms with Crippen LogP contribution in [0.15, 0.2) is 24.3 Å². The normalized spacial score (nSPS) is 25.4. The maximum Gasteiger partial charge on any atom is 0.335 e. The zero-order chi connectivity index (χ0) is 26.2. The molecule has 0 bridgehead atoms. The molecule has 5 unspecified atom stereocenters. The van der Waals surface area contributed by atoms with E-state index in [0.29, 0.717) is 11.5 Å². The minimum Gasteiger partial charge on any atom is -0.467 e. The van der Waals surface area contributed by atoms with Gasteiger partial charge in [-0.25, -0.2) is 4.79 Å². The quantitative estimate of drug-likeness (QED) is 0.239. The Morgan fingerprint density at radius 3 is 2.36 bits per heavy atom. The molecule has 5 N–H and O–H groups in total. The van der Waals surface area contributed by atoms with Crippen LogP contribution in [0.5, 0.6) is 0 Å². The number of aliphatic hydroxyl groups is 1. The average Bonchev–Trinajstić information content (AvgIpc) is 2.89. The molecule has 0 aromatic heterocycles. The van der Waals surface area contributed by atoms with Gasteiger partial charge in [-0.1, -0.05) is 31.4 Å². The van der Waals surface area contributed by atoms with E-state index in [1.54, 1.807) is 12.1 Å². The van der Waals surface area contributed by atoms with Crippen LogP contribution in [0.1, 0.15) is 67.3 Å². The van der Waals surface area contributed by atoms with Crippen LogP contribution in [0, 0.1) is 0 Å². The molecule has 1 aliphatic carbocycles. The zero-order valence-corrected chi connectivity index (χ0v) is 20.6. The van der Waals surface area contributed by atoms with Crippen molar-refractivity contribution in [1.29, 1.82) is 0 Å². The van der Waals surface area contributed by atoms with Gasteiger partial charge in [0.2, 0.25) is 5.91 Å². The van der Waals surface area contributed by atoms with Crippen LogP contribution in [0.2, 0.25) is 0 Å². The molecule has 2 aliphatic rings. The number of hydroxylamine groups is 1. The third-order valence-corrected chi connectivity index (χ3v) is 6.87. The number of aliphatic hydroxyl groups excluding tert-OH is 1. The molecule has 3 rings (SSSR count). The second-order valence-corrected chi connectivity index (χ2v) is 9.35. The summed E-state index contributed by atoms with van der Waals surface area (Å²) in [6, 6.07) is 4.76. The lowest BCUT2D eigenvalue weighted by atomic mass is 9.84. The van der Waals surface area contributed by atoms with Gasteiger partial charge in [-0.15, -0.1) is 0 Å². The highest BCUT2D eigenvalue weighted by Crippen LogP contribution is 2.32. The maximum atomic E-state index is 12.9. The van der Waals surface area contributed by atoms with Crippen LogP contribution in [-0.4, -0.2) is 77.9 Å². The number of esters is 1. The first kappa shape index (κ1) is 27.7. The molecule has 1 saturated heterocycles. The van der Waals surface area contributed by atoms with Crippen molar-refractivity contribution >= 4 is 23.6 Å². The second-order valence-electron chi connectivity index (χ2n) is 9.35. The topological polar surface area (TPSA) is 163 Å². The Kier molecular flexibility index (Phi) is 9.94. The van der Waals surface area contributed by atoms with Gasteiger partial charge in [-0.3, -0.25) is 14.4 Å². The molecule has 0 radical (unpaired) electrons. The second kappa shape index (κ2) is 12.9. The van der Waals surface area contributed by atoms with Gasteiger partial charge in [0.05, 0.1) is 25.8 Å². The molecule has 11 nitrogen and oxygen atoms in total. The van der Waals surface area contributed by atoms with E-state index >= 15 is 0 Å².